The summed E-state index contributed by atoms with van der Waals surface area (Å²) in [5.41, 5.74) is 3.39. The molecule has 0 aromatic heterocycles. The van der Waals surface area contributed by atoms with Crippen LogP contribution >= 0.6 is 0 Å². The maximum Gasteiger partial charge on any atom is 0.309 e. The molecule has 1 aromatic carbocycles. The number of carbonyl (C=O) groups is 2. The molecule has 102 valence electrons. The van der Waals surface area contributed by atoms with Gasteiger partial charge in [-0.3, -0.25) is 9.59 Å². The number of carboxylic acid groups (broad SMARTS) is 1. The summed E-state index contributed by atoms with van der Waals surface area (Å²) >= 11 is 0. The summed E-state index contributed by atoms with van der Waals surface area (Å²) < 4.78 is 4.70. The first kappa shape index (κ1) is 13.6. The number of esters is 1. The molecule has 0 bridgehead atoms. The third kappa shape index (κ3) is 3.34. The Morgan fingerprint density at radius 3 is 2.89 bits per heavy atom. The fourth-order valence-electron chi connectivity index (χ4n) is 2.78. The van der Waals surface area contributed by atoms with Crippen molar-refractivity contribution in [2.75, 3.05) is 7.11 Å². The van der Waals surface area contributed by atoms with Gasteiger partial charge in [0.1, 0.15) is 0 Å². The van der Waals surface area contributed by atoms with Crippen molar-refractivity contribution in [3.8, 4) is 0 Å². The van der Waals surface area contributed by atoms with Gasteiger partial charge in [-0.2, -0.15) is 0 Å². The van der Waals surface area contributed by atoms with E-state index in [-0.39, 0.29) is 18.3 Å². The molecular formula is C15H18O4. The van der Waals surface area contributed by atoms with Gasteiger partial charge >= 0.3 is 11.9 Å². The summed E-state index contributed by atoms with van der Waals surface area (Å²) in [6, 6.07) is 5.91. The molecule has 1 aliphatic rings. The van der Waals surface area contributed by atoms with Crippen LogP contribution in [0.15, 0.2) is 18.2 Å². The van der Waals surface area contributed by atoms with Gasteiger partial charge in [-0.25, -0.2) is 0 Å². The smallest absolute Gasteiger partial charge is 0.309 e. The zero-order valence-electron chi connectivity index (χ0n) is 11.0. The van der Waals surface area contributed by atoms with E-state index in [4.69, 9.17) is 9.84 Å². The molecular weight excluding hydrogens is 244 g/mol. The lowest BCUT2D eigenvalue weighted by Crippen LogP contribution is -2.19. The molecule has 1 aromatic rings. The highest BCUT2D eigenvalue weighted by Gasteiger charge is 2.23. The Morgan fingerprint density at radius 2 is 2.21 bits per heavy atom. The van der Waals surface area contributed by atoms with Crippen LogP contribution in [0.2, 0.25) is 0 Å². The molecule has 0 radical (unpaired) electrons. The second-order valence-corrected chi connectivity index (χ2v) is 5.01. The Labute approximate surface area is 112 Å². The number of hydrogen-bond acceptors (Lipinski definition) is 3. The van der Waals surface area contributed by atoms with Gasteiger partial charge in [0.25, 0.3) is 0 Å². The summed E-state index contributed by atoms with van der Waals surface area (Å²) in [4.78, 5) is 22.1. The first-order valence-corrected chi connectivity index (χ1v) is 6.48. The van der Waals surface area contributed by atoms with E-state index in [2.05, 4.69) is 0 Å². The highest BCUT2D eigenvalue weighted by atomic mass is 16.5. The van der Waals surface area contributed by atoms with Crippen LogP contribution in [0.5, 0.6) is 0 Å². The number of ether oxygens (including phenoxy) is 1. The van der Waals surface area contributed by atoms with Gasteiger partial charge in [0.05, 0.1) is 13.5 Å². The minimum atomic E-state index is -0.737. The van der Waals surface area contributed by atoms with Crippen molar-refractivity contribution in [2.45, 2.75) is 32.1 Å². The minimum Gasteiger partial charge on any atom is -0.481 e. The monoisotopic (exact) mass is 262 g/mol. The lowest BCUT2D eigenvalue weighted by molar-refractivity contribution is -0.140. The predicted octanol–water partition coefficient (Wildman–Crippen LogP) is 1.98. The summed E-state index contributed by atoms with van der Waals surface area (Å²) in [5, 5.41) is 8.86. The fraction of sp³-hybridized carbons (Fsp3) is 0.467. The molecule has 1 unspecified atom stereocenters. The molecule has 0 saturated heterocycles. The summed E-state index contributed by atoms with van der Waals surface area (Å²) in [5.74, 6) is -0.765. The summed E-state index contributed by atoms with van der Waals surface area (Å²) in [6.07, 6.45) is 3.03. The van der Waals surface area contributed by atoms with Crippen LogP contribution < -0.4 is 0 Å². The van der Waals surface area contributed by atoms with E-state index in [9.17, 15) is 9.59 Å². The average molecular weight is 262 g/mol. The number of fused-ring (bicyclic) bond motifs is 1. The minimum absolute atomic E-state index is 0.207. The van der Waals surface area contributed by atoms with Crippen LogP contribution in [-0.4, -0.2) is 24.2 Å². The second kappa shape index (κ2) is 5.87. The molecule has 0 heterocycles. The van der Waals surface area contributed by atoms with E-state index in [0.29, 0.717) is 6.42 Å². The van der Waals surface area contributed by atoms with E-state index in [1.807, 2.05) is 18.2 Å². The van der Waals surface area contributed by atoms with Gasteiger partial charge in [0.15, 0.2) is 0 Å². The number of carbonyl (C=O) groups excluding carboxylic acids is 1. The van der Waals surface area contributed by atoms with Crippen LogP contribution in [0.1, 0.15) is 29.5 Å². The molecule has 0 saturated carbocycles. The number of benzene rings is 1. The first-order valence-electron chi connectivity index (χ1n) is 6.48. The first-order chi connectivity index (χ1) is 9.10. The predicted molar refractivity (Wildman–Crippen MR) is 69.9 cm³/mol. The Bertz CT molecular complexity index is 493. The maximum absolute atomic E-state index is 11.4. The fourth-order valence-corrected chi connectivity index (χ4v) is 2.78. The average Bonchev–Trinajstić information content (AvgIpc) is 2.38. The Kier molecular flexibility index (Phi) is 4.20. The lowest BCUT2D eigenvalue weighted by atomic mass is 9.80. The van der Waals surface area contributed by atoms with Crippen LogP contribution in [0.4, 0.5) is 0 Å². The van der Waals surface area contributed by atoms with Crippen LogP contribution in [-0.2, 0) is 33.6 Å². The van der Waals surface area contributed by atoms with E-state index in [1.54, 1.807) is 0 Å². The second-order valence-electron chi connectivity index (χ2n) is 5.01. The zero-order valence-corrected chi connectivity index (χ0v) is 11.0. The quantitative estimate of drug-likeness (QED) is 0.843. The van der Waals surface area contributed by atoms with Gasteiger partial charge in [-0.1, -0.05) is 18.2 Å². The van der Waals surface area contributed by atoms with Gasteiger partial charge < -0.3 is 9.84 Å². The molecule has 0 amide bonds. The normalized spacial score (nSPS) is 17.6. The molecule has 1 aliphatic carbocycles. The highest BCUT2D eigenvalue weighted by Crippen LogP contribution is 2.30. The third-order valence-corrected chi connectivity index (χ3v) is 3.71. The third-order valence-electron chi connectivity index (χ3n) is 3.71. The molecule has 1 atom stereocenters. The topological polar surface area (TPSA) is 63.6 Å². The molecule has 0 spiro atoms. The van der Waals surface area contributed by atoms with Crippen LogP contribution in [0.3, 0.4) is 0 Å². The van der Waals surface area contributed by atoms with Crippen LogP contribution in [0.25, 0.3) is 0 Å². The van der Waals surface area contributed by atoms with E-state index in [1.165, 1.54) is 18.2 Å². The van der Waals surface area contributed by atoms with Crippen molar-refractivity contribution in [1.29, 1.82) is 0 Å². The SMILES string of the molecule is COC(=O)Cc1cccc2c1CCC(CC(=O)O)C2. The summed E-state index contributed by atoms with van der Waals surface area (Å²) in [7, 11) is 1.39. The number of carboxylic acids is 1. The van der Waals surface area contributed by atoms with Gasteiger partial charge in [0.2, 0.25) is 0 Å². The van der Waals surface area contributed by atoms with Crippen molar-refractivity contribution in [3.05, 3.63) is 34.9 Å². The molecule has 2 rings (SSSR count). The molecule has 0 aliphatic heterocycles. The highest BCUT2D eigenvalue weighted by molar-refractivity contribution is 5.73. The van der Waals surface area contributed by atoms with Crippen molar-refractivity contribution < 1.29 is 19.4 Å². The molecule has 1 N–H and O–H groups in total. The van der Waals surface area contributed by atoms with Crippen molar-refractivity contribution in [2.24, 2.45) is 5.92 Å². The van der Waals surface area contributed by atoms with Crippen molar-refractivity contribution in [3.63, 3.8) is 0 Å². The number of rotatable bonds is 4. The summed E-state index contributed by atoms with van der Waals surface area (Å²) in [6.45, 7) is 0. The van der Waals surface area contributed by atoms with Crippen molar-refractivity contribution >= 4 is 11.9 Å². The molecule has 19 heavy (non-hydrogen) atoms. The van der Waals surface area contributed by atoms with E-state index >= 15 is 0 Å². The van der Waals surface area contributed by atoms with Crippen LogP contribution in [0, 0.1) is 5.92 Å². The molecule has 4 nitrogen and oxygen atoms in total. The molecule has 0 fully saturated rings. The van der Waals surface area contributed by atoms with Gasteiger partial charge in [0, 0.05) is 6.42 Å². The Balaban J connectivity index is 2.16. The van der Waals surface area contributed by atoms with Crippen molar-refractivity contribution in [1.82, 2.24) is 0 Å². The molecule has 4 heteroatoms. The Morgan fingerprint density at radius 1 is 1.42 bits per heavy atom. The number of aliphatic carboxylic acids is 1. The van der Waals surface area contributed by atoms with E-state index in [0.717, 1.165) is 24.8 Å². The maximum atomic E-state index is 11.4. The number of hydrogen-bond donors (Lipinski definition) is 1. The largest absolute Gasteiger partial charge is 0.481 e. The standard InChI is InChI=1S/C15H18O4/c1-19-15(18)9-12-4-2-3-11-7-10(8-14(16)17)5-6-13(11)12/h2-4,10H,5-9H2,1H3,(H,16,17). The van der Waals surface area contributed by atoms with Gasteiger partial charge in [-0.15, -0.1) is 0 Å². The Hall–Kier alpha value is -1.84. The lowest BCUT2D eigenvalue weighted by Gasteiger charge is -2.25. The van der Waals surface area contributed by atoms with E-state index < -0.39 is 5.97 Å². The zero-order chi connectivity index (χ0) is 13.8. The van der Waals surface area contributed by atoms with Gasteiger partial charge in [-0.05, 0) is 41.9 Å². The number of methoxy groups -OCH3 is 1.